The predicted octanol–water partition coefficient (Wildman–Crippen LogP) is 10.5. The molecule has 0 N–H and O–H groups in total. The average Bonchev–Trinajstić information content (AvgIpc) is 3.72. The van der Waals surface area contributed by atoms with Crippen molar-refractivity contribution in [2.45, 2.75) is 67.1 Å². The second-order valence-electron chi connectivity index (χ2n) is 14.3. The van der Waals surface area contributed by atoms with Crippen molar-refractivity contribution in [2.24, 2.45) is 26.8 Å². The third-order valence-corrected chi connectivity index (χ3v) is 13.1. The highest BCUT2D eigenvalue weighted by Gasteiger charge is 2.43. The molecule has 0 saturated carbocycles. The number of fused-ring (bicyclic) bond motifs is 5. The highest BCUT2D eigenvalue weighted by Crippen LogP contribution is 2.58. The third-order valence-electron chi connectivity index (χ3n) is 11.4. The van der Waals surface area contributed by atoms with Crippen LogP contribution in [0.4, 0.5) is 0 Å². The van der Waals surface area contributed by atoms with Crippen LogP contribution in [0.1, 0.15) is 72.9 Å². The molecule has 246 valence electrons. The van der Waals surface area contributed by atoms with Gasteiger partial charge in [0.25, 0.3) is 0 Å². The van der Waals surface area contributed by atoms with Crippen LogP contribution in [0.15, 0.2) is 135 Å². The third kappa shape index (κ3) is 5.07. The van der Waals surface area contributed by atoms with E-state index in [1.807, 2.05) is 24.8 Å². The van der Waals surface area contributed by atoms with E-state index < -0.39 is 0 Å². The average molecular weight is 670 g/mol. The van der Waals surface area contributed by atoms with E-state index in [2.05, 4.69) is 123 Å². The van der Waals surface area contributed by atoms with Crippen LogP contribution in [0.5, 0.6) is 0 Å². The fourth-order valence-electron chi connectivity index (χ4n) is 8.95. The van der Waals surface area contributed by atoms with Gasteiger partial charge in [0.15, 0.2) is 5.84 Å². The Morgan fingerprint density at radius 1 is 0.840 bits per heavy atom. The van der Waals surface area contributed by atoms with E-state index >= 15 is 0 Å². The molecule has 5 nitrogen and oxygen atoms in total. The molecular formula is C44H39N5S. The second-order valence-corrected chi connectivity index (χ2v) is 15.5. The smallest absolute Gasteiger partial charge is 0.160 e. The first-order chi connectivity index (χ1) is 24.8. The molecule has 0 radical (unpaired) electrons. The van der Waals surface area contributed by atoms with Gasteiger partial charge in [0.2, 0.25) is 0 Å². The van der Waals surface area contributed by atoms with Gasteiger partial charge < -0.3 is 4.57 Å². The van der Waals surface area contributed by atoms with Crippen LogP contribution >= 0.6 is 11.8 Å². The summed E-state index contributed by atoms with van der Waals surface area (Å²) in [7, 11) is 0. The maximum atomic E-state index is 5.32. The minimum atomic E-state index is -0.0332. The summed E-state index contributed by atoms with van der Waals surface area (Å²) >= 11 is 2.19. The van der Waals surface area contributed by atoms with E-state index in [4.69, 9.17) is 9.98 Å². The Bertz CT molecular complexity index is 2240. The van der Waals surface area contributed by atoms with Crippen molar-refractivity contribution < 1.29 is 0 Å². The Morgan fingerprint density at radius 2 is 1.72 bits per heavy atom. The van der Waals surface area contributed by atoms with Crippen molar-refractivity contribution in [2.75, 3.05) is 0 Å². The second kappa shape index (κ2) is 12.5. The molecule has 6 heteroatoms. The summed E-state index contributed by atoms with van der Waals surface area (Å²) in [6.45, 7) is 0. The molecule has 0 saturated heterocycles. The van der Waals surface area contributed by atoms with Crippen LogP contribution in [-0.2, 0) is 6.42 Å². The lowest BCUT2D eigenvalue weighted by Gasteiger charge is -2.33. The Balaban J connectivity index is 1.08. The van der Waals surface area contributed by atoms with Crippen LogP contribution in [0, 0.1) is 11.8 Å². The Labute approximate surface area is 297 Å². The minimum absolute atomic E-state index is 0.0332. The zero-order valence-corrected chi connectivity index (χ0v) is 28.8. The van der Waals surface area contributed by atoms with E-state index in [-0.39, 0.29) is 6.04 Å². The number of rotatable bonds is 5. The molecule has 3 aliphatic carbocycles. The standard InChI is InChI=1S/C44H39N5S/c1-3-9-31(10-4-1)40-35-19-20-38-41(43(35)50-42(40)32-11-5-2-6-12-32)34-13-7-8-14-37(34)49(38)39-25-36(47-44(48-39)33-26-46-27-33)30-17-15-28(16-18-30)29-21-23-45-24-22-29/h1-5,7,9,13,15-24,26-27,31-32,36,40,42H,6,8,10-12,14,25H2. The fourth-order valence-corrected chi connectivity index (χ4v) is 10.8. The van der Waals surface area contributed by atoms with E-state index in [0.29, 0.717) is 23.0 Å². The van der Waals surface area contributed by atoms with E-state index in [1.54, 1.807) is 5.56 Å². The van der Waals surface area contributed by atoms with Gasteiger partial charge in [0, 0.05) is 63.9 Å². The van der Waals surface area contributed by atoms with Gasteiger partial charge in [-0.2, -0.15) is 0 Å². The number of amidine groups is 1. The Kier molecular flexibility index (Phi) is 7.52. The minimum Gasteiger partial charge on any atom is -0.301 e. The van der Waals surface area contributed by atoms with Crippen molar-refractivity contribution >= 4 is 46.6 Å². The van der Waals surface area contributed by atoms with Crippen LogP contribution in [0.3, 0.4) is 0 Å². The summed E-state index contributed by atoms with van der Waals surface area (Å²) in [6, 6.07) is 17.9. The molecule has 0 fully saturated rings. The lowest BCUT2D eigenvalue weighted by atomic mass is 9.74. The molecular weight excluding hydrogens is 631 g/mol. The van der Waals surface area contributed by atoms with Gasteiger partial charge in [-0.05, 0) is 90.8 Å². The zero-order valence-electron chi connectivity index (χ0n) is 28.0. The summed E-state index contributed by atoms with van der Waals surface area (Å²) < 4.78 is 2.52. The molecule has 6 aliphatic rings. The summed E-state index contributed by atoms with van der Waals surface area (Å²) in [4.78, 5) is 20.5. The van der Waals surface area contributed by atoms with Gasteiger partial charge in [0.1, 0.15) is 5.84 Å². The molecule has 0 bridgehead atoms. The lowest BCUT2D eigenvalue weighted by molar-refractivity contribution is 0.376. The highest BCUT2D eigenvalue weighted by molar-refractivity contribution is 8.00. The summed E-state index contributed by atoms with van der Waals surface area (Å²) in [5, 5.41) is 2.02. The van der Waals surface area contributed by atoms with E-state index in [0.717, 1.165) is 42.9 Å². The number of hydrogen-bond acceptors (Lipinski definition) is 5. The summed E-state index contributed by atoms with van der Waals surface area (Å²) in [5.74, 6) is 3.63. The first-order valence-corrected chi connectivity index (χ1v) is 19.1. The topological polar surface area (TPSA) is 54.9 Å². The van der Waals surface area contributed by atoms with Gasteiger partial charge in [-0.1, -0.05) is 78.9 Å². The van der Waals surface area contributed by atoms with Crippen molar-refractivity contribution in [1.82, 2.24) is 9.55 Å². The van der Waals surface area contributed by atoms with Crippen molar-refractivity contribution in [1.29, 1.82) is 0 Å². The van der Waals surface area contributed by atoms with Crippen LogP contribution in [0.25, 0.3) is 28.1 Å². The predicted molar refractivity (Wildman–Crippen MR) is 208 cm³/mol. The van der Waals surface area contributed by atoms with Crippen molar-refractivity contribution in [3.63, 3.8) is 0 Å². The maximum Gasteiger partial charge on any atom is 0.160 e. The lowest BCUT2D eigenvalue weighted by Crippen LogP contribution is -2.27. The first-order valence-electron chi connectivity index (χ1n) is 18.2. The van der Waals surface area contributed by atoms with Crippen LogP contribution in [0.2, 0.25) is 0 Å². The highest BCUT2D eigenvalue weighted by atomic mass is 32.2. The largest absolute Gasteiger partial charge is 0.301 e. The van der Waals surface area contributed by atoms with Crippen LogP contribution in [-0.4, -0.2) is 32.7 Å². The number of thioether (sulfide) groups is 1. The van der Waals surface area contributed by atoms with Gasteiger partial charge in [-0.3, -0.25) is 15.0 Å². The molecule has 10 rings (SSSR count). The molecule has 0 spiro atoms. The molecule has 4 aromatic rings. The number of aliphatic imine (C=N–C) groups is 3. The van der Waals surface area contributed by atoms with Gasteiger partial charge in [-0.15, -0.1) is 11.8 Å². The normalized spacial score (nSPS) is 26.3. The number of pyridine rings is 1. The zero-order chi connectivity index (χ0) is 33.0. The quantitative estimate of drug-likeness (QED) is 0.199. The van der Waals surface area contributed by atoms with Crippen LogP contribution < -0.4 is 0 Å². The number of hydrogen-bond donors (Lipinski definition) is 0. The molecule has 0 amide bonds. The van der Waals surface area contributed by atoms with Crippen molar-refractivity contribution in [3.05, 3.63) is 138 Å². The van der Waals surface area contributed by atoms with E-state index in [1.165, 1.54) is 63.0 Å². The molecule has 5 unspecified atom stereocenters. The van der Waals surface area contributed by atoms with Gasteiger partial charge in [0.05, 0.1) is 17.1 Å². The molecule has 3 aliphatic heterocycles. The summed E-state index contributed by atoms with van der Waals surface area (Å²) in [5.41, 5.74) is 10.2. The maximum absolute atomic E-state index is 5.32. The monoisotopic (exact) mass is 669 g/mol. The van der Waals surface area contributed by atoms with Crippen molar-refractivity contribution in [3.8, 4) is 11.1 Å². The Hall–Kier alpha value is -4.81. The number of aromatic nitrogens is 2. The molecule has 50 heavy (non-hydrogen) atoms. The van der Waals surface area contributed by atoms with E-state index in [9.17, 15) is 0 Å². The summed E-state index contributed by atoms with van der Waals surface area (Å²) in [6.07, 6.45) is 34.0. The molecule has 2 aromatic carbocycles. The number of nitrogens with zero attached hydrogens (tertiary/aromatic N) is 5. The first kappa shape index (κ1) is 30.1. The molecule has 2 aromatic heterocycles. The van der Waals surface area contributed by atoms with Gasteiger partial charge in [-0.25, -0.2) is 4.99 Å². The SMILES string of the molecule is C1=CCC(C2c3ccc4c(c5c(n4C4=NC(C6=CN=C6)=NC(c6ccc(-c7ccncc7)cc6)C4)CCC=C5)c3SC2C2CC=CCC2)C=C1. The number of benzene rings is 2. The van der Waals surface area contributed by atoms with Gasteiger partial charge >= 0.3 is 0 Å². The molecule has 5 heterocycles. The Morgan fingerprint density at radius 3 is 2.50 bits per heavy atom. The fraction of sp³-hybridized carbons (Fsp3) is 0.273. The number of allylic oxidation sites excluding steroid dienone is 7. The molecule has 5 atom stereocenters.